The van der Waals surface area contributed by atoms with Crippen LogP contribution < -0.4 is 19.8 Å². The summed E-state index contributed by atoms with van der Waals surface area (Å²) < 4.78 is 53.0. The number of anilines is 1. The Balaban J connectivity index is 2.03. The van der Waals surface area contributed by atoms with E-state index in [1.54, 1.807) is 6.92 Å². The molecule has 0 saturated heterocycles. The number of rotatable bonds is 6. The minimum Gasteiger partial charge on any atom is -0.422 e. The first kappa shape index (κ1) is 24.5. The van der Waals surface area contributed by atoms with Gasteiger partial charge in [-0.2, -0.15) is 8.42 Å². The average Bonchev–Trinajstić information content (AvgIpc) is 2.74. The number of aryl methyl sites for hydroxylation is 1. The second kappa shape index (κ2) is 9.38. The molecule has 0 fully saturated rings. The molecule has 0 aliphatic rings. The highest BCUT2D eigenvalue weighted by Crippen LogP contribution is 2.33. The normalized spacial score (nSPS) is 11.5. The standard InChI is InChI=1S/C21H21ClFN3O6S/c1-11-13-9-15(22)18(32-21(28)26(3)4)10-17(13)31-20(27)14(11)8-12-6-5-7-16(19(12)23)25-33(29,30)24-2/h5-7,9-10,24-25H,8H2,1-4H3. The van der Waals surface area contributed by atoms with Crippen LogP contribution in [0.15, 0.2) is 39.5 Å². The lowest BCUT2D eigenvalue weighted by Gasteiger charge is -2.14. The lowest BCUT2D eigenvalue weighted by Crippen LogP contribution is -2.27. The number of nitrogens with one attached hydrogen (secondary N) is 2. The van der Waals surface area contributed by atoms with Crippen LogP contribution in [-0.4, -0.2) is 40.6 Å². The molecule has 0 atom stereocenters. The number of carbonyl (C=O) groups is 1. The van der Waals surface area contributed by atoms with Crippen LogP contribution in [0.3, 0.4) is 0 Å². The van der Waals surface area contributed by atoms with Crippen LogP contribution in [0.5, 0.6) is 5.75 Å². The van der Waals surface area contributed by atoms with Gasteiger partial charge in [0.15, 0.2) is 11.6 Å². The monoisotopic (exact) mass is 497 g/mol. The van der Waals surface area contributed by atoms with Crippen LogP contribution >= 0.6 is 11.6 Å². The SMILES string of the molecule is CNS(=O)(=O)Nc1cccc(Cc2c(C)c3cc(Cl)c(OC(=O)N(C)C)cc3oc2=O)c1F. The fourth-order valence-electron chi connectivity index (χ4n) is 3.04. The molecule has 0 aliphatic carbocycles. The third-order valence-corrected chi connectivity index (χ3v) is 6.18. The molecule has 0 radical (unpaired) electrons. The number of ether oxygens (including phenoxy) is 1. The van der Waals surface area contributed by atoms with Crippen molar-refractivity contribution in [2.24, 2.45) is 0 Å². The fourth-order valence-corrected chi connectivity index (χ4v) is 3.79. The molecule has 3 aromatic rings. The lowest BCUT2D eigenvalue weighted by molar-refractivity contribution is 0.172. The summed E-state index contributed by atoms with van der Waals surface area (Å²) in [6, 6.07) is 6.99. The molecule has 33 heavy (non-hydrogen) atoms. The Morgan fingerprint density at radius 3 is 2.61 bits per heavy atom. The minimum atomic E-state index is -3.93. The summed E-state index contributed by atoms with van der Waals surface area (Å²) in [5.41, 5.74) is -0.0850. The molecule has 0 spiro atoms. The van der Waals surface area contributed by atoms with E-state index in [1.165, 1.54) is 56.4 Å². The van der Waals surface area contributed by atoms with Gasteiger partial charge in [0.05, 0.1) is 10.7 Å². The van der Waals surface area contributed by atoms with E-state index in [0.717, 1.165) is 0 Å². The van der Waals surface area contributed by atoms with E-state index in [0.29, 0.717) is 10.9 Å². The Kier molecular flexibility index (Phi) is 6.96. The number of amides is 1. The van der Waals surface area contributed by atoms with Crippen LogP contribution in [-0.2, 0) is 16.6 Å². The molecule has 0 aliphatic heterocycles. The van der Waals surface area contributed by atoms with Gasteiger partial charge in [0.2, 0.25) is 0 Å². The first-order chi connectivity index (χ1) is 15.4. The Labute approximate surface area is 194 Å². The van der Waals surface area contributed by atoms with Gasteiger partial charge in [0.1, 0.15) is 5.58 Å². The molecule has 0 saturated carbocycles. The van der Waals surface area contributed by atoms with E-state index in [4.69, 9.17) is 20.8 Å². The summed E-state index contributed by atoms with van der Waals surface area (Å²) in [6.07, 6.45) is -0.809. The average molecular weight is 498 g/mol. The number of nitrogens with zero attached hydrogens (tertiary/aromatic N) is 1. The maximum Gasteiger partial charge on any atom is 0.414 e. The zero-order chi connectivity index (χ0) is 24.5. The van der Waals surface area contributed by atoms with Crippen LogP contribution in [0.25, 0.3) is 11.0 Å². The topological polar surface area (TPSA) is 118 Å². The van der Waals surface area contributed by atoms with E-state index in [9.17, 15) is 22.4 Å². The van der Waals surface area contributed by atoms with Crippen molar-refractivity contribution in [3.8, 4) is 5.75 Å². The van der Waals surface area contributed by atoms with Crippen LogP contribution in [0.4, 0.5) is 14.9 Å². The third kappa shape index (κ3) is 5.27. The predicted molar refractivity (Wildman–Crippen MR) is 123 cm³/mol. The molecule has 2 N–H and O–H groups in total. The van der Waals surface area contributed by atoms with Crippen molar-refractivity contribution >= 4 is 44.6 Å². The fraction of sp³-hybridized carbons (Fsp3) is 0.238. The number of fused-ring (bicyclic) bond motifs is 1. The number of hydrogen-bond acceptors (Lipinski definition) is 6. The zero-order valence-electron chi connectivity index (χ0n) is 18.2. The van der Waals surface area contributed by atoms with Crippen molar-refractivity contribution in [1.82, 2.24) is 9.62 Å². The van der Waals surface area contributed by atoms with Gasteiger partial charge < -0.3 is 14.1 Å². The summed E-state index contributed by atoms with van der Waals surface area (Å²) in [4.78, 5) is 25.7. The molecule has 9 nitrogen and oxygen atoms in total. The van der Waals surface area contributed by atoms with E-state index in [-0.39, 0.29) is 39.6 Å². The summed E-state index contributed by atoms with van der Waals surface area (Å²) in [5.74, 6) is -0.798. The Morgan fingerprint density at radius 1 is 1.27 bits per heavy atom. The van der Waals surface area contributed by atoms with Crippen molar-refractivity contribution in [3.63, 3.8) is 0 Å². The second-order valence-corrected chi connectivity index (χ2v) is 9.33. The molecule has 176 valence electrons. The first-order valence-corrected chi connectivity index (χ1v) is 11.4. The lowest BCUT2D eigenvalue weighted by atomic mass is 9.99. The summed E-state index contributed by atoms with van der Waals surface area (Å²) in [6.45, 7) is 1.65. The summed E-state index contributed by atoms with van der Waals surface area (Å²) in [5, 5.41) is 0.599. The van der Waals surface area contributed by atoms with Gasteiger partial charge in [-0.1, -0.05) is 23.7 Å². The molecule has 2 aromatic carbocycles. The van der Waals surface area contributed by atoms with E-state index >= 15 is 0 Å². The highest BCUT2D eigenvalue weighted by molar-refractivity contribution is 7.90. The van der Waals surface area contributed by atoms with E-state index in [1.807, 2.05) is 4.72 Å². The number of carbonyl (C=O) groups excluding carboxylic acids is 1. The number of halogens is 2. The molecule has 0 unspecified atom stereocenters. The van der Waals surface area contributed by atoms with Crippen molar-refractivity contribution in [2.45, 2.75) is 13.3 Å². The second-order valence-electron chi connectivity index (χ2n) is 7.30. The van der Waals surface area contributed by atoms with Gasteiger partial charge in [0.25, 0.3) is 10.2 Å². The predicted octanol–water partition coefficient (Wildman–Crippen LogP) is 3.42. The molecular weight excluding hydrogens is 477 g/mol. The molecule has 1 amide bonds. The highest BCUT2D eigenvalue weighted by atomic mass is 35.5. The number of benzene rings is 2. The van der Waals surface area contributed by atoms with Gasteiger partial charge in [-0.05, 0) is 30.2 Å². The molecule has 12 heteroatoms. The van der Waals surface area contributed by atoms with Gasteiger partial charge in [0, 0.05) is 44.6 Å². The molecule has 3 rings (SSSR count). The smallest absolute Gasteiger partial charge is 0.414 e. The highest BCUT2D eigenvalue weighted by Gasteiger charge is 2.19. The Bertz CT molecular complexity index is 1410. The van der Waals surface area contributed by atoms with Crippen molar-refractivity contribution < 1.29 is 26.8 Å². The first-order valence-electron chi connectivity index (χ1n) is 9.57. The van der Waals surface area contributed by atoms with Crippen molar-refractivity contribution in [1.29, 1.82) is 0 Å². The van der Waals surface area contributed by atoms with Crippen LogP contribution in [0.2, 0.25) is 5.02 Å². The summed E-state index contributed by atoms with van der Waals surface area (Å²) in [7, 11) is 0.271. The zero-order valence-corrected chi connectivity index (χ0v) is 19.7. The maximum absolute atomic E-state index is 14.9. The summed E-state index contributed by atoms with van der Waals surface area (Å²) >= 11 is 6.25. The van der Waals surface area contributed by atoms with Crippen molar-refractivity contribution in [2.75, 3.05) is 25.9 Å². The number of hydrogen-bond donors (Lipinski definition) is 2. The minimum absolute atomic E-state index is 0.0220. The Morgan fingerprint density at radius 2 is 1.97 bits per heavy atom. The van der Waals surface area contributed by atoms with Gasteiger partial charge in [-0.25, -0.2) is 18.7 Å². The van der Waals surface area contributed by atoms with Gasteiger partial charge in [-0.15, -0.1) is 0 Å². The molecule has 1 heterocycles. The largest absolute Gasteiger partial charge is 0.422 e. The molecule has 1 aromatic heterocycles. The van der Waals surface area contributed by atoms with Gasteiger partial charge in [-0.3, -0.25) is 4.72 Å². The maximum atomic E-state index is 14.9. The van der Waals surface area contributed by atoms with Crippen LogP contribution in [0, 0.1) is 12.7 Å². The quantitative estimate of drug-likeness (QED) is 0.504. The molecule has 0 bridgehead atoms. The van der Waals surface area contributed by atoms with E-state index in [2.05, 4.69) is 4.72 Å². The Hall–Kier alpha value is -3.15. The van der Waals surface area contributed by atoms with Crippen molar-refractivity contribution in [3.05, 3.63) is 68.3 Å². The van der Waals surface area contributed by atoms with E-state index < -0.39 is 27.7 Å². The van der Waals surface area contributed by atoms with Gasteiger partial charge >= 0.3 is 11.7 Å². The third-order valence-electron chi connectivity index (χ3n) is 4.86. The molecular formula is C21H21ClFN3O6S. The van der Waals surface area contributed by atoms with Crippen LogP contribution in [0.1, 0.15) is 16.7 Å².